The van der Waals surface area contributed by atoms with Crippen LogP contribution in [0, 0.1) is 0 Å². The molecule has 0 radical (unpaired) electrons. The van der Waals surface area contributed by atoms with Crippen LogP contribution in [0.2, 0.25) is 0 Å². The van der Waals surface area contributed by atoms with Gasteiger partial charge in [-0.1, -0.05) is 30.3 Å². The van der Waals surface area contributed by atoms with Crippen molar-refractivity contribution in [3.8, 4) is 0 Å². The van der Waals surface area contributed by atoms with E-state index in [2.05, 4.69) is 5.10 Å². The molecule has 1 heterocycles. The lowest BCUT2D eigenvalue weighted by atomic mass is 10.0. The highest BCUT2D eigenvalue weighted by molar-refractivity contribution is 5.92. The quantitative estimate of drug-likeness (QED) is 0.902. The Kier molecular flexibility index (Phi) is 3.31. The summed E-state index contributed by atoms with van der Waals surface area (Å²) >= 11 is 0. The molecule has 106 valence electrons. The standard InChI is InChI=1S/C16H16N4O/c17-15-10-14(11-6-8-12(9-7-11)16(18)21)20(19-15)13-4-2-1-3-5-13/h1-9,14H,10H2,(H2,17,19)(H2,18,21). The average Bonchev–Trinajstić information content (AvgIpc) is 2.90. The summed E-state index contributed by atoms with van der Waals surface area (Å²) in [6, 6.07) is 17.2. The number of anilines is 1. The monoisotopic (exact) mass is 280 g/mol. The number of para-hydroxylation sites is 1. The van der Waals surface area contributed by atoms with Crippen molar-refractivity contribution in [2.45, 2.75) is 12.5 Å². The zero-order chi connectivity index (χ0) is 14.8. The molecule has 1 unspecified atom stereocenters. The predicted octanol–water partition coefficient (Wildman–Crippen LogP) is 2.01. The van der Waals surface area contributed by atoms with Crippen LogP contribution in [0.3, 0.4) is 0 Å². The minimum atomic E-state index is -0.427. The molecule has 0 saturated heterocycles. The Morgan fingerprint density at radius 1 is 1.10 bits per heavy atom. The maximum atomic E-state index is 11.1. The van der Waals surface area contributed by atoms with Crippen molar-refractivity contribution in [2.75, 3.05) is 5.01 Å². The van der Waals surface area contributed by atoms with E-state index < -0.39 is 5.91 Å². The van der Waals surface area contributed by atoms with Crippen LogP contribution in [0.4, 0.5) is 5.69 Å². The fourth-order valence-corrected chi connectivity index (χ4v) is 2.48. The molecule has 0 spiro atoms. The first-order valence-corrected chi connectivity index (χ1v) is 6.72. The Labute approximate surface area is 122 Å². The molecule has 1 amide bonds. The first-order chi connectivity index (χ1) is 10.1. The minimum Gasteiger partial charge on any atom is -0.386 e. The second kappa shape index (κ2) is 5.28. The molecule has 2 aromatic carbocycles. The first-order valence-electron chi connectivity index (χ1n) is 6.72. The predicted molar refractivity (Wildman–Crippen MR) is 82.9 cm³/mol. The van der Waals surface area contributed by atoms with Gasteiger partial charge in [-0.3, -0.25) is 9.80 Å². The molecule has 1 aliphatic heterocycles. The SMILES string of the molecule is NC(=O)c1ccc(C2CC(N)=NN2c2ccccc2)cc1. The average molecular weight is 280 g/mol. The number of hydrogen-bond donors (Lipinski definition) is 2. The van der Waals surface area contributed by atoms with E-state index in [1.165, 1.54) is 0 Å². The molecular weight excluding hydrogens is 264 g/mol. The molecule has 3 rings (SSSR count). The number of nitrogens with zero attached hydrogens (tertiary/aromatic N) is 2. The maximum Gasteiger partial charge on any atom is 0.248 e. The molecule has 21 heavy (non-hydrogen) atoms. The molecule has 0 aromatic heterocycles. The van der Waals surface area contributed by atoms with Crippen LogP contribution in [0.1, 0.15) is 28.4 Å². The second-order valence-electron chi connectivity index (χ2n) is 4.98. The Morgan fingerprint density at radius 2 is 1.76 bits per heavy atom. The number of hydrogen-bond acceptors (Lipinski definition) is 4. The molecule has 5 heteroatoms. The highest BCUT2D eigenvalue weighted by atomic mass is 16.1. The number of primary amides is 1. The minimum absolute atomic E-state index is 0.0364. The molecule has 5 nitrogen and oxygen atoms in total. The third-order valence-corrected chi connectivity index (χ3v) is 3.53. The van der Waals surface area contributed by atoms with Gasteiger partial charge in [0.15, 0.2) is 0 Å². The fraction of sp³-hybridized carbons (Fsp3) is 0.125. The lowest BCUT2D eigenvalue weighted by Gasteiger charge is -2.23. The largest absolute Gasteiger partial charge is 0.386 e. The molecule has 1 atom stereocenters. The first kappa shape index (κ1) is 13.2. The molecule has 1 aliphatic rings. The molecule has 0 aliphatic carbocycles. The lowest BCUT2D eigenvalue weighted by molar-refractivity contribution is 0.100. The highest BCUT2D eigenvalue weighted by Gasteiger charge is 2.27. The summed E-state index contributed by atoms with van der Waals surface area (Å²) in [5, 5.41) is 6.32. The van der Waals surface area contributed by atoms with Gasteiger partial charge >= 0.3 is 0 Å². The van der Waals surface area contributed by atoms with E-state index in [9.17, 15) is 4.79 Å². The van der Waals surface area contributed by atoms with Crippen LogP contribution >= 0.6 is 0 Å². The van der Waals surface area contributed by atoms with Crippen molar-refractivity contribution >= 4 is 17.4 Å². The smallest absolute Gasteiger partial charge is 0.248 e. The summed E-state index contributed by atoms with van der Waals surface area (Å²) in [7, 11) is 0. The number of rotatable bonds is 3. The molecule has 0 saturated carbocycles. The lowest BCUT2D eigenvalue weighted by Crippen LogP contribution is -2.19. The summed E-state index contributed by atoms with van der Waals surface area (Å²) in [6.45, 7) is 0. The van der Waals surface area contributed by atoms with E-state index in [-0.39, 0.29) is 6.04 Å². The maximum absolute atomic E-state index is 11.1. The van der Waals surface area contributed by atoms with Crippen LogP contribution in [0.25, 0.3) is 0 Å². The van der Waals surface area contributed by atoms with Crippen molar-refractivity contribution in [1.82, 2.24) is 0 Å². The van der Waals surface area contributed by atoms with Crippen LogP contribution in [0.15, 0.2) is 59.7 Å². The van der Waals surface area contributed by atoms with Crippen LogP contribution in [0.5, 0.6) is 0 Å². The van der Waals surface area contributed by atoms with Crippen molar-refractivity contribution in [3.05, 3.63) is 65.7 Å². The Balaban J connectivity index is 1.92. The van der Waals surface area contributed by atoms with Gasteiger partial charge < -0.3 is 11.5 Å². The topological polar surface area (TPSA) is 84.7 Å². The van der Waals surface area contributed by atoms with Crippen molar-refractivity contribution in [3.63, 3.8) is 0 Å². The fourth-order valence-electron chi connectivity index (χ4n) is 2.48. The van der Waals surface area contributed by atoms with Gasteiger partial charge in [0.1, 0.15) is 5.84 Å². The zero-order valence-corrected chi connectivity index (χ0v) is 11.4. The number of nitrogens with two attached hydrogens (primary N) is 2. The van der Waals surface area contributed by atoms with E-state index >= 15 is 0 Å². The van der Waals surface area contributed by atoms with Crippen LogP contribution in [-0.2, 0) is 0 Å². The zero-order valence-electron chi connectivity index (χ0n) is 11.4. The van der Waals surface area contributed by atoms with E-state index in [1.807, 2.05) is 47.5 Å². The van der Waals surface area contributed by atoms with Gasteiger partial charge in [0.25, 0.3) is 0 Å². The van der Waals surface area contributed by atoms with Crippen molar-refractivity contribution < 1.29 is 4.79 Å². The van der Waals surface area contributed by atoms with Gasteiger partial charge in [0.05, 0.1) is 11.7 Å². The van der Waals surface area contributed by atoms with E-state index in [4.69, 9.17) is 11.5 Å². The van der Waals surface area contributed by atoms with Gasteiger partial charge in [-0.15, -0.1) is 0 Å². The summed E-state index contributed by atoms with van der Waals surface area (Å²) < 4.78 is 0. The van der Waals surface area contributed by atoms with Gasteiger partial charge in [-0.05, 0) is 29.8 Å². The number of hydrazone groups is 1. The second-order valence-corrected chi connectivity index (χ2v) is 4.98. The van der Waals surface area contributed by atoms with E-state index in [0.717, 1.165) is 11.3 Å². The van der Waals surface area contributed by atoms with Gasteiger partial charge in [0, 0.05) is 12.0 Å². The number of amides is 1. The summed E-state index contributed by atoms with van der Waals surface area (Å²) in [6.07, 6.45) is 0.658. The van der Waals surface area contributed by atoms with E-state index in [1.54, 1.807) is 12.1 Å². The molecule has 0 bridgehead atoms. The summed E-state index contributed by atoms with van der Waals surface area (Å²) in [5.74, 6) is 0.173. The normalized spacial score (nSPS) is 17.6. The van der Waals surface area contributed by atoms with Crippen molar-refractivity contribution in [1.29, 1.82) is 0 Å². The van der Waals surface area contributed by atoms with Crippen LogP contribution in [-0.4, -0.2) is 11.7 Å². The third kappa shape index (κ3) is 2.58. The van der Waals surface area contributed by atoms with Crippen LogP contribution < -0.4 is 16.5 Å². The Morgan fingerprint density at radius 3 is 2.38 bits per heavy atom. The van der Waals surface area contributed by atoms with Gasteiger partial charge in [0.2, 0.25) is 5.91 Å². The molecule has 2 aromatic rings. The number of amidine groups is 1. The molecular formula is C16H16N4O. The number of benzene rings is 2. The van der Waals surface area contributed by atoms with Crippen molar-refractivity contribution in [2.24, 2.45) is 16.6 Å². The Hall–Kier alpha value is -2.82. The summed E-state index contributed by atoms with van der Waals surface area (Å²) in [5.41, 5.74) is 13.7. The third-order valence-electron chi connectivity index (χ3n) is 3.53. The number of carbonyl (C=O) groups excluding carboxylic acids is 1. The molecule has 4 N–H and O–H groups in total. The van der Waals surface area contributed by atoms with E-state index in [0.29, 0.717) is 17.8 Å². The van der Waals surface area contributed by atoms with Gasteiger partial charge in [-0.25, -0.2) is 0 Å². The van der Waals surface area contributed by atoms with Gasteiger partial charge in [-0.2, -0.15) is 5.10 Å². The molecule has 0 fully saturated rings. The number of carbonyl (C=O) groups is 1. The summed E-state index contributed by atoms with van der Waals surface area (Å²) in [4.78, 5) is 11.1. The Bertz CT molecular complexity index is 679. The highest BCUT2D eigenvalue weighted by Crippen LogP contribution is 2.34.